The van der Waals surface area contributed by atoms with Crippen molar-refractivity contribution in [1.82, 2.24) is 4.90 Å². The van der Waals surface area contributed by atoms with Crippen LogP contribution in [0.1, 0.15) is 54.4 Å². The van der Waals surface area contributed by atoms with Crippen LogP contribution in [0.15, 0.2) is 0 Å². The first kappa shape index (κ1) is 21.9. The Kier molecular flexibility index (Phi) is 7.84. The molecule has 0 unspecified atom stereocenters. The molecule has 1 saturated heterocycles. The minimum absolute atomic E-state index is 0.0429. The lowest BCUT2D eigenvalue weighted by molar-refractivity contribution is -0.163. The molecule has 0 radical (unpaired) electrons. The minimum Gasteiger partial charge on any atom is -0.458 e. The Labute approximate surface area is 151 Å². The fraction of sp³-hybridized carbons (Fsp3) is 0.889. The Morgan fingerprint density at radius 3 is 2.12 bits per heavy atom. The predicted octanol–water partition coefficient (Wildman–Crippen LogP) is 1.48. The molecule has 2 N–H and O–H groups in total. The molecular weight excluding hydrogens is 324 g/mol. The highest BCUT2D eigenvalue weighted by atomic mass is 16.6. The Balaban J connectivity index is 2.31. The van der Waals surface area contributed by atoms with Crippen LogP contribution in [0, 0.1) is 0 Å². The first-order valence-corrected chi connectivity index (χ1v) is 8.89. The summed E-state index contributed by atoms with van der Waals surface area (Å²) >= 11 is 0. The highest BCUT2D eigenvalue weighted by Crippen LogP contribution is 2.16. The molecule has 1 atom stereocenters. The number of ether oxygens (including phenoxy) is 3. The van der Waals surface area contributed by atoms with E-state index < -0.39 is 11.6 Å². The van der Waals surface area contributed by atoms with Gasteiger partial charge in [0.1, 0.15) is 18.2 Å². The molecule has 0 aromatic carbocycles. The number of piperidine rings is 1. The zero-order valence-electron chi connectivity index (χ0n) is 16.5. The van der Waals surface area contributed by atoms with E-state index in [0.29, 0.717) is 25.9 Å². The Morgan fingerprint density at radius 1 is 1.08 bits per heavy atom. The van der Waals surface area contributed by atoms with Gasteiger partial charge in [-0.15, -0.1) is 0 Å². The van der Waals surface area contributed by atoms with E-state index in [1.54, 1.807) is 4.90 Å². The summed E-state index contributed by atoms with van der Waals surface area (Å²) in [5.41, 5.74) is 5.11. The second-order valence-electron chi connectivity index (χ2n) is 8.45. The quantitative estimate of drug-likeness (QED) is 0.723. The van der Waals surface area contributed by atoms with Crippen LogP contribution in [-0.2, 0) is 23.8 Å². The molecule has 0 aromatic rings. The number of hydrogen-bond donors (Lipinski definition) is 1. The number of carbonyl (C=O) groups is 2. The van der Waals surface area contributed by atoms with Crippen LogP contribution >= 0.6 is 0 Å². The van der Waals surface area contributed by atoms with Crippen LogP contribution in [0.25, 0.3) is 0 Å². The van der Waals surface area contributed by atoms with Crippen molar-refractivity contribution in [3.8, 4) is 0 Å². The van der Waals surface area contributed by atoms with Crippen LogP contribution in [0.2, 0.25) is 0 Å². The third kappa shape index (κ3) is 9.18. The maximum Gasteiger partial charge on any atom is 0.332 e. The normalized spacial score (nSPS) is 18.1. The van der Waals surface area contributed by atoms with E-state index in [2.05, 4.69) is 0 Å². The van der Waals surface area contributed by atoms with Crippen molar-refractivity contribution >= 4 is 11.9 Å². The lowest BCUT2D eigenvalue weighted by Crippen LogP contribution is -2.50. The molecule has 25 heavy (non-hydrogen) atoms. The molecule has 146 valence electrons. The fourth-order valence-electron chi connectivity index (χ4n) is 2.45. The maximum atomic E-state index is 12.4. The van der Waals surface area contributed by atoms with E-state index in [-0.39, 0.29) is 36.8 Å². The summed E-state index contributed by atoms with van der Waals surface area (Å²) in [4.78, 5) is 25.8. The van der Waals surface area contributed by atoms with Gasteiger partial charge in [0.2, 0.25) is 5.91 Å². The molecule has 0 spiro atoms. The number of esters is 1. The van der Waals surface area contributed by atoms with Gasteiger partial charge in [0.05, 0.1) is 18.3 Å². The van der Waals surface area contributed by atoms with Crippen molar-refractivity contribution < 1.29 is 23.8 Å². The lowest BCUT2D eigenvalue weighted by Gasteiger charge is -2.34. The van der Waals surface area contributed by atoms with Crippen molar-refractivity contribution in [3.63, 3.8) is 0 Å². The first-order valence-electron chi connectivity index (χ1n) is 8.89. The van der Waals surface area contributed by atoms with Crippen molar-refractivity contribution in [3.05, 3.63) is 0 Å². The summed E-state index contributed by atoms with van der Waals surface area (Å²) in [6, 6.07) is -0.654. The van der Waals surface area contributed by atoms with E-state index in [4.69, 9.17) is 19.9 Å². The van der Waals surface area contributed by atoms with Gasteiger partial charge in [0, 0.05) is 13.1 Å². The Hall–Kier alpha value is -1.18. The van der Waals surface area contributed by atoms with Gasteiger partial charge in [0.15, 0.2) is 0 Å². The van der Waals surface area contributed by atoms with Gasteiger partial charge in [-0.05, 0) is 54.4 Å². The second kappa shape index (κ2) is 8.96. The molecule has 1 aliphatic heterocycles. The Bertz CT molecular complexity index is 445. The second-order valence-corrected chi connectivity index (χ2v) is 8.45. The number of rotatable bonds is 6. The molecule has 7 nitrogen and oxygen atoms in total. The molecule has 0 saturated carbocycles. The van der Waals surface area contributed by atoms with Crippen molar-refractivity contribution in [2.24, 2.45) is 5.73 Å². The summed E-state index contributed by atoms with van der Waals surface area (Å²) in [7, 11) is 0. The highest BCUT2D eigenvalue weighted by Gasteiger charge is 2.28. The van der Waals surface area contributed by atoms with E-state index in [1.165, 1.54) is 0 Å². The topological polar surface area (TPSA) is 91.1 Å². The zero-order chi connectivity index (χ0) is 19.3. The fourth-order valence-corrected chi connectivity index (χ4v) is 2.45. The van der Waals surface area contributed by atoms with Crippen LogP contribution in [0.4, 0.5) is 0 Å². The van der Waals surface area contributed by atoms with E-state index in [0.717, 1.165) is 0 Å². The van der Waals surface area contributed by atoms with Crippen molar-refractivity contribution in [2.45, 2.75) is 77.7 Å². The lowest BCUT2D eigenvalue weighted by atomic mass is 10.1. The molecule has 1 rings (SSSR count). The summed E-state index contributed by atoms with van der Waals surface area (Å²) in [6.45, 7) is 12.5. The number of nitrogens with zero attached hydrogens (tertiary/aromatic N) is 1. The van der Waals surface area contributed by atoms with Gasteiger partial charge >= 0.3 is 5.97 Å². The Morgan fingerprint density at radius 2 is 1.64 bits per heavy atom. The molecule has 1 aliphatic rings. The van der Waals surface area contributed by atoms with Gasteiger partial charge in [0.25, 0.3) is 0 Å². The van der Waals surface area contributed by atoms with Crippen LogP contribution < -0.4 is 5.73 Å². The highest BCUT2D eigenvalue weighted by molar-refractivity contribution is 5.81. The molecule has 7 heteroatoms. The van der Waals surface area contributed by atoms with Gasteiger partial charge in [-0.3, -0.25) is 4.79 Å². The number of hydrogen-bond acceptors (Lipinski definition) is 6. The number of nitrogens with two attached hydrogens (primary N) is 1. The van der Waals surface area contributed by atoms with Crippen molar-refractivity contribution in [2.75, 3.05) is 26.3 Å². The molecular formula is C18H34N2O5. The van der Waals surface area contributed by atoms with Gasteiger partial charge in [-0.25, -0.2) is 4.79 Å². The molecule has 0 bridgehead atoms. The summed E-state index contributed by atoms with van der Waals surface area (Å²) < 4.78 is 16.4. The average Bonchev–Trinajstić information content (AvgIpc) is 2.48. The largest absolute Gasteiger partial charge is 0.458 e. The number of carbonyl (C=O) groups excluding carboxylic acids is 2. The molecule has 0 aromatic heterocycles. The molecule has 1 amide bonds. The van der Waals surface area contributed by atoms with E-state index in [9.17, 15) is 9.59 Å². The third-order valence-corrected chi connectivity index (χ3v) is 3.62. The smallest absolute Gasteiger partial charge is 0.332 e. The molecule has 1 heterocycles. The number of amides is 1. The standard InChI is InChI=1S/C18H34N2O5/c1-17(2,3)24-11-14(19)16(22)20-9-7-13(8-10-20)23-12-15(21)25-18(4,5)6/h13-14H,7-12,19H2,1-6H3/t14-/m0/s1. The zero-order valence-corrected chi connectivity index (χ0v) is 16.5. The third-order valence-electron chi connectivity index (χ3n) is 3.62. The first-order chi connectivity index (χ1) is 11.4. The summed E-state index contributed by atoms with van der Waals surface area (Å²) in [5.74, 6) is -0.470. The van der Waals surface area contributed by atoms with Crippen molar-refractivity contribution in [1.29, 1.82) is 0 Å². The summed E-state index contributed by atoms with van der Waals surface area (Å²) in [5, 5.41) is 0. The molecule has 1 fully saturated rings. The van der Waals surface area contributed by atoms with Crippen LogP contribution in [0.5, 0.6) is 0 Å². The van der Waals surface area contributed by atoms with Gasteiger partial charge in [-0.2, -0.15) is 0 Å². The molecule has 0 aliphatic carbocycles. The SMILES string of the molecule is CC(C)(C)OC[C@H](N)C(=O)N1CCC(OCC(=O)OC(C)(C)C)CC1. The van der Waals surface area contributed by atoms with Gasteiger partial charge in [-0.1, -0.05) is 0 Å². The van der Waals surface area contributed by atoms with E-state index in [1.807, 2.05) is 41.5 Å². The van der Waals surface area contributed by atoms with E-state index >= 15 is 0 Å². The minimum atomic E-state index is -0.654. The van der Waals surface area contributed by atoms with Gasteiger partial charge < -0.3 is 24.8 Å². The predicted molar refractivity (Wildman–Crippen MR) is 95.1 cm³/mol. The summed E-state index contributed by atoms with van der Waals surface area (Å²) in [6.07, 6.45) is 1.32. The average molecular weight is 358 g/mol. The monoisotopic (exact) mass is 358 g/mol. The number of likely N-dealkylation sites (tertiary alicyclic amines) is 1. The maximum absolute atomic E-state index is 12.4. The van der Waals surface area contributed by atoms with Crippen LogP contribution in [0.3, 0.4) is 0 Å². The van der Waals surface area contributed by atoms with Crippen LogP contribution in [-0.4, -0.2) is 66.4 Å².